The molecule has 1 aliphatic heterocycles. The standard InChI is InChI=1S/C10H12ClN3O3/c11-9-7(5-8(15)16)10(13-6-12-9)14-1-3-17-4-2-14/h6H,1-5H2,(H,15,16). The predicted molar refractivity (Wildman–Crippen MR) is 61.4 cm³/mol. The molecule has 1 aliphatic rings. The second kappa shape index (κ2) is 5.29. The van der Waals surface area contributed by atoms with Crippen LogP contribution in [0.2, 0.25) is 5.15 Å². The molecule has 0 amide bonds. The quantitative estimate of drug-likeness (QED) is 0.799. The van der Waals surface area contributed by atoms with Crippen molar-refractivity contribution in [2.75, 3.05) is 31.2 Å². The monoisotopic (exact) mass is 257 g/mol. The fraction of sp³-hybridized carbons (Fsp3) is 0.500. The summed E-state index contributed by atoms with van der Waals surface area (Å²) < 4.78 is 5.24. The van der Waals surface area contributed by atoms with Crippen molar-refractivity contribution in [1.82, 2.24) is 9.97 Å². The highest BCUT2D eigenvalue weighted by Crippen LogP contribution is 2.24. The van der Waals surface area contributed by atoms with Gasteiger partial charge in [-0.2, -0.15) is 0 Å². The molecule has 0 bridgehead atoms. The van der Waals surface area contributed by atoms with E-state index in [1.54, 1.807) is 0 Å². The maximum Gasteiger partial charge on any atom is 0.308 e. The lowest BCUT2D eigenvalue weighted by molar-refractivity contribution is -0.136. The van der Waals surface area contributed by atoms with E-state index >= 15 is 0 Å². The molecule has 2 heterocycles. The van der Waals surface area contributed by atoms with Crippen LogP contribution < -0.4 is 4.90 Å². The molecule has 0 unspecified atom stereocenters. The molecule has 0 aromatic carbocycles. The molecule has 92 valence electrons. The maximum atomic E-state index is 10.8. The number of anilines is 1. The zero-order valence-electron chi connectivity index (χ0n) is 9.10. The number of hydrogen-bond acceptors (Lipinski definition) is 5. The Labute approximate surface area is 103 Å². The van der Waals surface area contributed by atoms with Crippen molar-refractivity contribution < 1.29 is 14.6 Å². The summed E-state index contributed by atoms with van der Waals surface area (Å²) in [5.74, 6) is -0.355. The van der Waals surface area contributed by atoms with Crippen molar-refractivity contribution in [3.8, 4) is 0 Å². The zero-order chi connectivity index (χ0) is 12.3. The Morgan fingerprint density at radius 3 is 2.82 bits per heavy atom. The predicted octanol–water partition coefficient (Wildman–Crippen LogP) is 0.594. The number of carboxylic acids is 1. The summed E-state index contributed by atoms with van der Waals surface area (Å²) >= 11 is 5.92. The molecule has 0 spiro atoms. The van der Waals surface area contributed by atoms with Crippen molar-refractivity contribution in [2.24, 2.45) is 0 Å². The van der Waals surface area contributed by atoms with Gasteiger partial charge in [0.2, 0.25) is 0 Å². The van der Waals surface area contributed by atoms with Crippen LogP contribution in [0.3, 0.4) is 0 Å². The minimum Gasteiger partial charge on any atom is -0.481 e. The van der Waals surface area contributed by atoms with E-state index < -0.39 is 5.97 Å². The van der Waals surface area contributed by atoms with Crippen LogP contribution in [0.25, 0.3) is 0 Å². The van der Waals surface area contributed by atoms with Crippen molar-refractivity contribution in [2.45, 2.75) is 6.42 Å². The van der Waals surface area contributed by atoms with Gasteiger partial charge >= 0.3 is 5.97 Å². The number of aliphatic carboxylic acids is 1. The van der Waals surface area contributed by atoms with E-state index in [0.717, 1.165) is 0 Å². The van der Waals surface area contributed by atoms with E-state index in [1.165, 1.54) is 6.33 Å². The molecule has 0 aliphatic carbocycles. The van der Waals surface area contributed by atoms with Gasteiger partial charge in [0.15, 0.2) is 0 Å². The van der Waals surface area contributed by atoms with Crippen molar-refractivity contribution >= 4 is 23.4 Å². The number of aromatic nitrogens is 2. The average molecular weight is 258 g/mol. The van der Waals surface area contributed by atoms with Gasteiger partial charge < -0.3 is 14.7 Å². The fourth-order valence-corrected chi connectivity index (χ4v) is 1.93. The Hall–Kier alpha value is -1.40. The van der Waals surface area contributed by atoms with Gasteiger partial charge in [-0.05, 0) is 0 Å². The molecular weight excluding hydrogens is 246 g/mol. The summed E-state index contributed by atoms with van der Waals surface area (Å²) in [5, 5.41) is 9.05. The number of ether oxygens (including phenoxy) is 1. The number of nitrogens with zero attached hydrogens (tertiary/aromatic N) is 3. The third-order valence-electron chi connectivity index (χ3n) is 2.51. The molecule has 0 radical (unpaired) electrons. The number of halogens is 1. The SMILES string of the molecule is O=C(O)Cc1c(Cl)ncnc1N1CCOCC1. The molecule has 6 nitrogen and oxygen atoms in total. The second-order valence-electron chi connectivity index (χ2n) is 3.64. The van der Waals surface area contributed by atoms with E-state index in [9.17, 15) is 4.79 Å². The van der Waals surface area contributed by atoms with Crippen LogP contribution in [0, 0.1) is 0 Å². The summed E-state index contributed by atoms with van der Waals surface area (Å²) in [6.45, 7) is 2.57. The van der Waals surface area contributed by atoms with Crippen LogP contribution in [0.5, 0.6) is 0 Å². The van der Waals surface area contributed by atoms with Gasteiger partial charge in [0.05, 0.1) is 19.6 Å². The number of rotatable bonds is 3. The minimum atomic E-state index is -0.948. The molecule has 1 aromatic heterocycles. The third kappa shape index (κ3) is 2.83. The van der Waals surface area contributed by atoms with Crippen LogP contribution >= 0.6 is 11.6 Å². The topological polar surface area (TPSA) is 75.5 Å². The van der Waals surface area contributed by atoms with Gasteiger partial charge in [-0.1, -0.05) is 11.6 Å². The summed E-state index contributed by atoms with van der Waals surface area (Å²) in [6, 6.07) is 0. The minimum absolute atomic E-state index is 0.174. The highest BCUT2D eigenvalue weighted by atomic mass is 35.5. The smallest absolute Gasteiger partial charge is 0.308 e. The highest BCUT2D eigenvalue weighted by molar-refractivity contribution is 6.30. The highest BCUT2D eigenvalue weighted by Gasteiger charge is 2.20. The number of hydrogen-bond donors (Lipinski definition) is 1. The summed E-state index contributed by atoms with van der Waals surface area (Å²) in [4.78, 5) is 20.7. The maximum absolute atomic E-state index is 10.8. The zero-order valence-corrected chi connectivity index (χ0v) is 9.85. The molecule has 0 atom stereocenters. The van der Waals surface area contributed by atoms with Crippen LogP contribution in [0.1, 0.15) is 5.56 Å². The first-order valence-corrected chi connectivity index (χ1v) is 5.60. The first kappa shape index (κ1) is 12.1. The van der Waals surface area contributed by atoms with Crippen LogP contribution in [-0.2, 0) is 16.0 Å². The Morgan fingerprint density at radius 1 is 1.47 bits per heavy atom. The average Bonchev–Trinajstić information content (AvgIpc) is 2.32. The van der Waals surface area contributed by atoms with E-state index in [4.69, 9.17) is 21.4 Å². The van der Waals surface area contributed by atoms with Gasteiger partial charge in [0, 0.05) is 18.7 Å². The van der Waals surface area contributed by atoms with E-state index in [1.807, 2.05) is 4.90 Å². The Kier molecular flexibility index (Phi) is 3.75. The molecule has 2 rings (SSSR count). The van der Waals surface area contributed by atoms with E-state index in [0.29, 0.717) is 37.7 Å². The summed E-state index contributed by atoms with van der Waals surface area (Å²) in [5.41, 5.74) is 0.462. The molecule has 0 saturated carbocycles. The molecule has 1 aromatic rings. The third-order valence-corrected chi connectivity index (χ3v) is 2.83. The Balaban J connectivity index is 2.30. The molecule has 1 saturated heterocycles. The summed E-state index contributed by atoms with van der Waals surface area (Å²) in [6.07, 6.45) is 1.17. The molecule has 1 N–H and O–H groups in total. The lowest BCUT2D eigenvalue weighted by Gasteiger charge is -2.29. The van der Waals surface area contributed by atoms with E-state index in [2.05, 4.69) is 9.97 Å². The normalized spacial score (nSPS) is 15.9. The number of carboxylic acid groups (broad SMARTS) is 1. The van der Waals surface area contributed by atoms with Crippen molar-refractivity contribution in [3.05, 3.63) is 17.0 Å². The van der Waals surface area contributed by atoms with Crippen LogP contribution in [0.4, 0.5) is 5.82 Å². The second-order valence-corrected chi connectivity index (χ2v) is 3.99. The van der Waals surface area contributed by atoms with Gasteiger partial charge in [-0.15, -0.1) is 0 Å². The molecule has 17 heavy (non-hydrogen) atoms. The number of morpholine rings is 1. The van der Waals surface area contributed by atoms with E-state index in [-0.39, 0.29) is 11.6 Å². The summed E-state index contributed by atoms with van der Waals surface area (Å²) in [7, 11) is 0. The molecular formula is C10H12ClN3O3. The lowest BCUT2D eigenvalue weighted by atomic mass is 10.2. The van der Waals surface area contributed by atoms with Gasteiger partial charge in [0.1, 0.15) is 17.3 Å². The van der Waals surface area contributed by atoms with Crippen LogP contribution in [0.15, 0.2) is 6.33 Å². The Bertz CT molecular complexity index is 421. The Morgan fingerprint density at radius 2 is 2.18 bits per heavy atom. The first-order valence-electron chi connectivity index (χ1n) is 5.22. The van der Waals surface area contributed by atoms with Crippen LogP contribution in [-0.4, -0.2) is 47.3 Å². The lowest BCUT2D eigenvalue weighted by Crippen LogP contribution is -2.37. The van der Waals surface area contributed by atoms with Crippen molar-refractivity contribution in [3.63, 3.8) is 0 Å². The molecule has 7 heteroatoms. The van der Waals surface area contributed by atoms with Crippen molar-refractivity contribution in [1.29, 1.82) is 0 Å². The molecule has 1 fully saturated rings. The van der Waals surface area contributed by atoms with Gasteiger partial charge in [-0.3, -0.25) is 4.79 Å². The van der Waals surface area contributed by atoms with Gasteiger partial charge in [-0.25, -0.2) is 9.97 Å². The fourth-order valence-electron chi connectivity index (χ4n) is 1.73. The number of carbonyl (C=O) groups is 1. The first-order chi connectivity index (χ1) is 8.18. The largest absolute Gasteiger partial charge is 0.481 e. The van der Waals surface area contributed by atoms with Gasteiger partial charge in [0.25, 0.3) is 0 Å².